The van der Waals surface area contributed by atoms with Gasteiger partial charge < -0.3 is 25.2 Å². The van der Waals surface area contributed by atoms with E-state index in [0.29, 0.717) is 12.8 Å². The number of hydrogen-bond acceptors (Lipinski definition) is 8. The summed E-state index contributed by atoms with van der Waals surface area (Å²) in [6, 6.07) is 3.67. The number of fused-ring (bicyclic) bond motifs is 1. The van der Waals surface area contributed by atoms with Gasteiger partial charge in [0, 0.05) is 11.5 Å². The van der Waals surface area contributed by atoms with Gasteiger partial charge in [-0.1, -0.05) is 37.1 Å². The number of aliphatic hydroxyl groups excluding tert-OH is 1. The van der Waals surface area contributed by atoms with Gasteiger partial charge in [0.15, 0.2) is 28.8 Å². The molecule has 8 nitrogen and oxygen atoms in total. The summed E-state index contributed by atoms with van der Waals surface area (Å²) in [5, 5.41) is 42.2. The average molecular weight is 637 g/mol. The molecule has 2 fully saturated rings. The Morgan fingerprint density at radius 2 is 1.57 bits per heavy atom. The number of aromatic hydroxyl groups is 2. The van der Waals surface area contributed by atoms with Crippen LogP contribution in [0.15, 0.2) is 52.8 Å². The van der Waals surface area contributed by atoms with Crippen LogP contribution < -0.4 is 0 Å². The molecule has 5 atom stereocenters. The van der Waals surface area contributed by atoms with Gasteiger partial charge in [0.1, 0.15) is 22.3 Å². The molecule has 1 aromatic rings. The first-order valence-electron chi connectivity index (χ1n) is 16.3. The average Bonchev–Trinajstić information content (AvgIpc) is 2.92. The first kappa shape index (κ1) is 35.6. The van der Waals surface area contributed by atoms with Crippen LogP contribution in [-0.4, -0.2) is 55.1 Å². The van der Waals surface area contributed by atoms with Gasteiger partial charge in [0.2, 0.25) is 0 Å². The largest absolute Gasteiger partial charge is 0.504 e. The highest BCUT2D eigenvalue weighted by Crippen LogP contribution is 2.69. The maximum atomic E-state index is 15.4. The fraction of sp³-hybridized carbons (Fsp3) is 0.605. The zero-order chi connectivity index (χ0) is 34.8. The lowest BCUT2D eigenvalue weighted by atomic mass is 9.38. The van der Waals surface area contributed by atoms with Crippen molar-refractivity contribution in [3.05, 3.63) is 58.4 Å². The Labute approximate surface area is 273 Å². The number of rotatable bonds is 9. The van der Waals surface area contributed by atoms with E-state index < -0.39 is 62.5 Å². The van der Waals surface area contributed by atoms with Crippen LogP contribution >= 0.6 is 0 Å². The molecule has 1 aromatic carbocycles. The first-order chi connectivity index (χ1) is 21.0. The maximum Gasteiger partial charge on any atom is 0.200 e. The van der Waals surface area contributed by atoms with Gasteiger partial charge in [-0.2, -0.15) is 0 Å². The quantitative estimate of drug-likeness (QED) is 0.0767. The minimum Gasteiger partial charge on any atom is -0.504 e. The van der Waals surface area contributed by atoms with E-state index >= 15 is 9.59 Å². The molecule has 1 saturated heterocycles. The molecule has 2 aliphatic carbocycles. The summed E-state index contributed by atoms with van der Waals surface area (Å²) in [7, 11) is 0. The number of aliphatic hydroxyl groups is 2. The summed E-state index contributed by atoms with van der Waals surface area (Å²) < 4.78 is 6.76. The molecule has 8 heteroatoms. The molecule has 1 aliphatic heterocycles. The fourth-order valence-electron chi connectivity index (χ4n) is 7.90. The summed E-state index contributed by atoms with van der Waals surface area (Å²) in [5.74, 6) is -2.97. The van der Waals surface area contributed by atoms with E-state index in [4.69, 9.17) is 4.74 Å². The Balaban J connectivity index is 2.09. The molecular formula is C38H52O8. The zero-order valence-electron chi connectivity index (χ0n) is 29.1. The molecule has 46 heavy (non-hydrogen) atoms. The lowest BCUT2D eigenvalue weighted by molar-refractivity contribution is -0.192. The van der Waals surface area contributed by atoms with Crippen molar-refractivity contribution < 1.29 is 39.5 Å². The lowest BCUT2D eigenvalue weighted by Crippen LogP contribution is -2.69. The molecule has 1 heterocycles. The van der Waals surface area contributed by atoms with E-state index in [1.54, 1.807) is 13.8 Å². The van der Waals surface area contributed by atoms with Gasteiger partial charge in [0.25, 0.3) is 0 Å². The molecule has 4 rings (SSSR count). The number of benzene rings is 1. The predicted molar refractivity (Wildman–Crippen MR) is 176 cm³/mol. The standard InChI is InChI=1S/C38H52O8/c1-21(2)11-13-24-19-37-20-25(18-28(41)35(7,8)45)34(5,6)38(33(37)44,16-15-22(3)4)31(43)29(32(37)46-36(24,9)10)30(42)23-12-14-26(39)27(40)17-23/h11-12,14-15,17,24-25,28,39-41,45H,13,16,18-20H2,1-10H3. The summed E-state index contributed by atoms with van der Waals surface area (Å²) in [6.45, 7) is 18.4. The van der Waals surface area contributed by atoms with Gasteiger partial charge in [0.05, 0.1) is 17.1 Å². The van der Waals surface area contributed by atoms with Crippen molar-refractivity contribution in [2.24, 2.45) is 28.1 Å². The number of ether oxygens (including phenoxy) is 1. The second-order valence-corrected chi connectivity index (χ2v) is 16.0. The molecule has 0 amide bonds. The smallest absolute Gasteiger partial charge is 0.200 e. The Morgan fingerprint density at radius 3 is 2.11 bits per heavy atom. The monoisotopic (exact) mass is 636 g/mol. The van der Waals surface area contributed by atoms with Crippen LogP contribution in [0.3, 0.4) is 0 Å². The minimum absolute atomic E-state index is 0.00837. The summed E-state index contributed by atoms with van der Waals surface area (Å²) in [4.78, 5) is 45.1. The van der Waals surface area contributed by atoms with E-state index in [1.807, 2.05) is 61.5 Å². The summed E-state index contributed by atoms with van der Waals surface area (Å²) in [5.41, 5.74) is -4.50. The number of hydrogen-bond donors (Lipinski definition) is 4. The molecule has 5 unspecified atom stereocenters. The van der Waals surface area contributed by atoms with Crippen LogP contribution in [0.5, 0.6) is 11.5 Å². The van der Waals surface area contributed by atoms with Crippen LogP contribution in [0, 0.1) is 28.1 Å². The van der Waals surface area contributed by atoms with Crippen molar-refractivity contribution in [1.82, 2.24) is 0 Å². The van der Waals surface area contributed by atoms with Crippen molar-refractivity contribution in [1.29, 1.82) is 0 Å². The van der Waals surface area contributed by atoms with Gasteiger partial charge in [-0.25, -0.2) is 0 Å². The van der Waals surface area contributed by atoms with Crippen LogP contribution in [0.25, 0.3) is 0 Å². The van der Waals surface area contributed by atoms with Gasteiger partial charge in [-0.05, 0) is 117 Å². The Bertz CT molecular complexity index is 1530. The number of carbonyl (C=O) groups is 3. The van der Waals surface area contributed by atoms with Crippen molar-refractivity contribution in [2.45, 2.75) is 119 Å². The second-order valence-electron chi connectivity index (χ2n) is 16.0. The number of ketones is 3. The van der Waals surface area contributed by atoms with Gasteiger partial charge in [-0.3, -0.25) is 14.4 Å². The number of phenols is 2. The molecule has 4 N–H and O–H groups in total. The molecule has 252 valence electrons. The number of allylic oxidation sites excluding steroid dienone is 6. The van der Waals surface area contributed by atoms with E-state index in [1.165, 1.54) is 12.1 Å². The minimum atomic E-state index is -1.67. The molecule has 0 radical (unpaired) electrons. The molecule has 1 saturated carbocycles. The second kappa shape index (κ2) is 11.8. The highest BCUT2D eigenvalue weighted by atomic mass is 16.5. The molecule has 0 aromatic heterocycles. The van der Waals surface area contributed by atoms with Crippen molar-refractivity contribution in [2.75, 3.05) is 0 Å². The number of phenolic OH excluding ortho intramolecular Hbond substituents is 2. The van der Waals surface area contributed by atoms with Crippen LogP contribution in [-0.2, 0) is 14.3 Å². The van der Waals surface area contributed by atoms with Crippen molar-refractivity contribution in [3.63, 3.8) is 0 Å². The molecule has 1 spiro atoms. The molecule has 3 aliphatic rings. The normalized spacial score (nSPS) is 29.0. The van der Waals surface area contributed by atoms with E-state index in [-0.39, 0.29) is 47.9 Å². The van der Waals surface area contributed by atoms with Gasteiger partial charge in [-0.15, -0.1) is 0 Å². The SMILES string of the molecule is CC(C)=CCC1CC23CC(CC(O)C(C)(C)O)C(C)(C)C(CC=C(C)C)(C(=O)C(C(=O)c4ccc(O)c(O)c4)=C2OC1(C)C)C3=O. The van der Waals surface area contributed by atoms with E-state index in [9.17, 15) is 25.2 Å². The van der Waals surface area contributed by atoms with Gasteiger partial charge >= 0.3 is 0 Å². The van der Waals surface area contributed by atoms with E-state index in [2.05, 4.69) is 6.08 Å². The third kappa shape index (κ3) is 5.66. The van der Waals surface area contributed by atoms with Crippen molar-refractivity contribution >= 4 is 17.3 Å². The molecular weight excluding hydrogens is 584 g/mol. The lowest BCUT2D eigenvalue weighted by Gasteiger charge is -2.64. The Hall–Kier alpha value is -3.23. The van der Waals surface area contributed by atoms with Crippen LogP contribution in [0.2, 0.25) is 0 Å². The summed E-state index contributed by atoms with van der Waals surface area (Å²) >= 11 is 0. The van der Waals surface area contributed by atoms with Crippen LogP contribution in [0.4, 0.5) is 0 Å². The predicted octanol–water partition coefficient (Wildman–Crippen LogP) is 6.75. The molecule has 2 bridgehead atoms. The third-order valence-corrected chi connectivity index (χ3v) is 11.2. The van der Waals surface area contributed by atoms with Crippen LogP contribution in [0.1, 0.15) is 112 Å². The highest BCUT2D eigenvalue weighted by Gasteiger charge is 2.74. The maximum absolute atomic E-state index is 15.4. The summed E-state index contributed by atoms with van der Waals surface area (Å²) in [6.07, 6.45) is 4.24. The zero-order valence-corrected chi connectivity index (χ0v) is 29.1. The Morgan fingerprint density at radius 1 is 0.978 bits per heavy atom. The fourth-order valence-corrected chi connectivity index (χ4v) is 7.90. The number of carbonyl (C=O) groups excluding carboxylic acids is 3. The topological polar surface area (TPSA) is 141 Å². The highest BCUT2D eigenvalue weighted by molar-refractivity contribution is 6.35. The van der Waals surface area contributed by atoms with Crippen molar-refractivity contribution in [3.8, 4) is 11.5 Å². The first-order valence-corrected chi connectivity index (χ1v) is 16.3. The Kier molecular flexibility index (Phi) is 9.12. The number of Topliss-reactive ketones (excluding diaryl/α,β-unsaturated/α-hetero) is 3. The third-order valence-electron chi connectivity index (χ3n) is 11.2. The van der Waals surface area contributed by atoms with E-state index in [0.717, 1.165) is 17.2 Å².